The van der Waals surface area contributed by atoms with Crippen molar-refractivity contribution in [2.45, 2.75) is 80.1 Å². The van der Waals surface area contributed by atoms with E-state index in [-0.39, 0.29) is 10.8 Å². The molecule has 0 bridgehead atoms. The number of hydrogen-bond acceptors (Lipinski definition) is 0. The van der Waals surface area contributed by atoms with Crippen LogP contribution in [0.25, 0.3) is 105 Å². The highest BCUT2D eigenvalue weighted by atomic mass is 15.0. The lowest BCUT2D eigenvalue weighted by Gasteiger charge is -2.27. The van der Waals surface area contributed by atoms with Crippen LogP contribution in [-0.4, -0.2) is 4.57 Å². The fraction of sp³-hybridized carbons (Fsp3) is 0.167. The lowest BCUT2D eigenvalue weighted by molar-refractivity contribution is 0.569. The summed E-state index contributed by atoms with van der Waals surface area (Å²) in [6.07, 6.45) is 0. The molecular weight excluding hydrogens is 879 g/mol. The van der Waals surface area contributed by atoms with Gasteiger partial charge in [-0.15, -0.1) is 0 Å². The third kappa shape index (κ3) is 9.49. The maximum Gasteiger partial charge on any atom is 0.0541 e. The molecule has 0 fully saturated rings. The summed E-state index contributed by atoms with van der Waals surface area (Å²) in [7, 11) is 0. The zero-order valence-corrected chi connectivity index (χ0v) is 44.2. The van der Waals surface area contributed by atoms with Crippen molar-refractivity contribution in [3.05, 3.63) is 246 Å². The van der Waals surface area contributed by atoms with Crippen molar-refractivity contribution in [2.24, 2.45) is 0 Å². The SMILES string of the molecule is Cc1ccc(-c2cc(-c3ccc(C)cc3)cc(-c3ccc4c(c3)c3cc(-c5cc(-c6ccc(C)cc6)cc(-c6ccc(C)cc6)c5)ccc3n4-c3ccccc3-c3cc(C(C)(C)C)cc(C(C)(C)C)c3)c2)cc1. The Balaban J connectivity index is 1.17. The summed E-state index contributed by atoms with van der Waals surface area (Å²) in [5.74, 6) is 0. The Hall–Kier alpha value is -8.00. The van der Waals surface area contributed by atoms with E-state index in [4.69, 9.17) is 0 Å². The molecule has 0 aliphatic rings. The maximum atomic E-state index is 2.52. The third-order valence-corrected chi connectivity index (χ3v) is 15.0. The first kappa shape index (κ1) is 47.3. The quantitative estimate of drug-likeness (QED) is 0.143. The van der Waals surface area contributed by atoms with E-state index in [1.807, 2.05) is 0 Å². The Labute approximate surface area is 433 Å². The molecule has 0 atom stereocenters. The van der Waals surface area contributed by atoms with Gasteiger partial charge in [-0.2, -0.15) is 0 Å². The Morgan fingerprint density at radius 3 is 0.890 bits per heavy atom. The minimum Gasteiger partial charge on any atom is -0.309 e. The molecule has 11 rings (SSSR count). The fourth-order valence-electron chi connectivity index (χ4n) is 10.4. The van der Waals surface area contributed by atoms with Crippen molar-refractivity contribution in [1.82, 2.24) is 4.57 Å². The van der Waals surface area contributed by atoms with Crippen molar-refractivity contribution in [1.29, 1.82) is 0 Å². The van der Waals surface area contributed by atoms with E-state index in [1.54, 1.807) is 0 Å². The Kier molecular flexibility index (Phi) is 12.0. The fourth-order valence-corrected chi connectivity index (χ4v) is 10.4. The number of rotatable bonds is 8. The van der Waals surface area contributed by atoms with E-state index in [0.717, 1.165) is 0 Å². The Bertz CT molecular complexity index is 3490. The van der Waals surface area contributed by atoms with Crippen molar-refractivity contribution >= 4 is 21.8 Å². The predicted molar refractivity (Wildman–Crippen MR) is 315 cm³/mol. The largest absolute Gasteiger partial charge is 0.309 e. The van der Waals surface area contributed by atoms with Crippen LogP contribution >= 0.6 is 0 Å². The standard InChI is InChI=1S/C72H65N/c1-46-15-23-50(24-16-46)56-35-57(51-25-17-47(2)18-26-51)38-60(37-56)54-31-33-69-66(43-54)67-44-55(61-39-58(52-27-19-48(3)20-28-52)36-59(40-61)53-29-21-49(4)22-30-53)32-34-70(67)73(69)68-14-12-11-13-65(68)62-41-63(71(5,6)7)45-64(42-62)72(8,9)10/h11-45H,1-10H3. The minimum atomic E-state index is -0.0171. The van der Waals surface area contributed by atoms with Crippen LogP contribution in [0.5, 0.6) is 0 Å². The van der Waals surface area contributed by atoms with Gasteiger partial charge in [0.1, 0.15) is 0 Å². The minimum absolute atomic E-state index is 0.0171. The molecule has 0 saturated carbocycles. The summed E-state index contributed by atoms with van der Waals surface area (Å²) in [5, 5.41) is 2.43. The number of aromatic nitrogens is 1. The van der Waals surface area contributed by atoms with Gasteiger partial charge in [-0.05, 0) is 189 Å². The normalized spacial score (nSPS) is 12.0. The number of para-hydroxylation sites is 1. The molecule has 0 radical (unpaired) electrons. The van der Waals surface area contributed by atoms with Gasteiger partial charge in [0, 0.05) is 16.3 Å². The van der Waals surface area contributed by atoms with Gasteiger partial charge < -0.3 is 4.57 Å². The second-order valence-corrected chi connectivity index (χ2v) is 22.7. The third-order valence-electron chi connectivity index (χ3n) is 15.0. The number of nitrogens with zero attached hydrogens (tertiary/aromatic N) is 1. The molecule has 1 heteroatoms. The summed E-state index contributed by atoms with van der Waals surface area (Å²) in [4.78, 5) is 0. The first-order valence-electron chi connectivity index (χ1n) is 26.0. The molecular formula is C72H65N. The van der Waals surface area contributed by atoms with Crippen molar-refractivity contribution < 1.29 is 0 Å². The molecule has 73 heavy (non-hydrogen) atoms. The average Bonchev–Trinajstić information content (AvgIpc) is 3.72. The van der Waals surface area contributed by atoms with Gasteiger partial charge in [-0.3, -0.25) is 0 Å². The summed E-state index contributed by atoms with van der Waals surface area (Å²) < 4.78 is 2.52. The molecule has 0 aliphatic heterocycles. The van der Waals surface area contributed by atoms with Crippen LogP contribution in [0.2, 0.25) is 0 Å². The first-order valence-corrected chi connectivity index (χ1v) is 26.0. The molecule has 0 N–H and O–H groups in total. The van der Waals surface area contributed by atoms with E-state index in [9.17, 15) is 0 Å². The lowest BCUT2D eigenvalue weighted by atomic mass is 9.79. The number of hydrogen-bond donors (Lipinski definition) is 0. The van der Waals surface area contributed by atoms with Gasteiger partial charge in [0.15, 0.2) is 0 Å². The summed E-state index contributed by atoms with van der Waals surface area (Å²) >= 11 is 0. The molecule has 0 aliphatic carbocycles. The lowest BCUT2D eigenvalue weighted by Crippen LogP contribution is -2.16. The smallest absolute Gasteiger partial charge is 0.0541 e. The molecule has 1 nitrogen and oxygen atoms in total. The van der Waals surface area contributed by atoms with Gasteiger partial charge in [0.25, 0.3) is 0 Å². The van der Waals surface area contributed by atoms with E-state index in [0.29, 0.717) is 0 Å². The molecule has 1 heterocycles. The topological polar surface area (TPSA) is 4.93 Å². The van der Waals surface area contributed by atoms with Gasteiger partial charge in [-0.25, -0.2) is 0 Å². The van der Waals surface area contributed by atoms with Crippen LogP contribution in [0.1, 0.15) is 74.9 Å². The van der Waals surface area contributed by atoms with Crippen LogP contribution in [0.4, 0.5) is 0 Å². The molecule has 0 unspecified atom stereocenters. The van der Waals surface area contributed by atoms with Crippen LogP contribution < -0.4 is 0 Å². The van der Waals surface area contributed by atoms with E-state index >= 15 is 0 Å². The Morgan fingerprint density at radius 1 is 0.260 bits per heavy atom. The van der Waals surface area contributed by atoms with Crippen LogP contribution in [0.3, 0.4) is 0 Å². The number of aryl methyl sites for hydroxylation is 4. The zero-order chi connectivity index (χ0) is 50.8. The van der Waals surface area contributed by atoms with Crippen molar-refractivity contribution in [3.8, 4) is 83.6 Å². The maximum absolute atomic E-state index is 2.52. The molecule has 1 aromatic heterocycles. The molecule has 0 spiro atoms. The van der Waals surface area contributed by atoms with Gasteiger partial charge in [-0.1, -0.05) is 209 Å². The first-order chi connectivity index (χ1) is 35.0. The monoisotopic (exact) mass is 944 g/mol. The summed E-state index contributed by atoms with van der Waals surface area (Å²) in [6.45, 7) is 22.6. The molecule has 0 amide bonds. The van der Waals surface area contributed by atoms with Gasteiger partial charge in [0.05, 0.1) is 16.7 Å². The van der Waals surface area contributed by atoms with Gasteiger partial charge >= 0.3 is 0 Å². The predicted octanol–water partition coefficient (Wildman–Crippen LogP) is 20.3. The second-order valence-electron chi connectivity index (χ2n) is 22.7. The van der Waals surface area contributed by atoms with E-state index < -0.39 is 0 Å². The number of benzene rings is 10. The van der Waals surface area contributed by atoms with Gasteiger partial charge in [0.2, 0.25) is 0 Å². The number of fused-ring (bicyclic) bond motifs is 3. The van der Waals surface area contributed by atoms with Crippen LogP contribution in [-0.2, 0) is 10.8 Å². The highest BCUT2D eigenvalue weighted by Gasteiger charge is 2.24. The summed E-state index contributed by atoms with van der Waals surface area (Å²) in [6, 6.07) is 80.6. The second kappa shape index (κ2) is 18.6. The molecule has 358 valence electrons. The van der Waals surface area contributed by atoms with Crippen molar-refractivity contribution in [2.75, 3.05) is 0 Å². The van der Waals surface area contributed by atoms with Crippen LogP contribution in [0.15, 0.2) is 212 Å². The molecule has 0 saturated heterocycles. The van der Waals surface area contributed by atoms with Crippen LogP contribution in [0, 0.1) is 27.7 Å². The average molecular weight is 944 g/mol. The summed E-state index contributed by atoms with van der Waals surface area (Å²) in [5.41, 5.74) is 28.1. The zero-order valence-electron chi connectivity index (χ0n) is 44.2. The Morgan fingerprint density at radius 2 is 0.562 bits per heavy atom. The molecule has 10 aromatic carbocycles. The van der Waals surface area contributed by atoms with E-state index in [1.165, 1.54) is 139 Å². The van der Waals surface area contributed by atoms with Crippen molar-refractivity contribution in [3.63, 3.8) is 0 Å². The molecule has 11 aromatic rings. The van der Waals surface area contributed by atoms with E-state index in [2.05, 4.69) is 286 Å². The highest BCUT2D eigenvalue weighted by Crippen LogP contribution is 2.43. The highest BCUT2D eigenvalue weighted by molar-refractivity contribution is 6.12.